The number of benzene rings is 2. The van der Waals surface area contributed by atoms with E-state index in [4.69, 9.17) is 22.2 Å². The summed E-state index contributed by atoms with van der Waals surface area (Å²) in [5, 5.41) is 10.1. The van der Waals surface area contributed by atoms with Crippen molar-refractivity contribution in [2.24, 2.45) is 16.8 Å². The lowest BCUT2D eigenvalue weighted by Crippen LogP contribution is -2.51. The van der Waals surface area contributed by atoms with Crippen LogP contribution in [0.5, 0.6) is 5.75 Å². The highest BCUT2D eigenvalue weighted by molar-refractivity contribution is 6.30. The molecule has 10 nitrogen and oxygen atoms in total. The van der Waals surface area contributed by atoms with Gasteiger partial charge >= 0.3 is 11.4 Å². The Kier molecular flexibility index (Phi) is 8.19. The number of nitrogens with two attached hydrogens (primary N) is 1. The molecule has 1 aliphatic rings. The predicted molar refractivity (Wildman–Crippen MR) is 131 cm³/mol. The smallest absolute Gasteiger partial charge is 0.335 e. The lowest BCUT2D eigenvalue weighted by atomic mass is 9.96. The van der Waals surface area contributed by atoms with Gasteiger partial charge in [0.05, 0.1) is 24.9 Å². The molecule has 11 heteroatoms. The fourth-order valence-electron chi connectivity index (χ4n) is 3.68. The molecule has 2 aromatic carbocycles. The van der Waals surface area contributed by atoms with Crippen LogP contribution in [0.2, 0.25) is 5.02 Å². The third-order valence-electron chi connectivity index (χ3n) is 5.89. The zero-order valence-corrected chi connectivity index (χ0v) is 19.9. The summed E-state index contributed by atoms with van der Waals surface area (Å²) >= 11 is 6.00. The number of aromatic nitrogens is 3. The Morgan fingerprint density at radius 1 is 1.11 bits per heavy atom. The fourth-order valence-corrected chi connectivity index (χ4v) is 3.80. The number of aliphatic hydroxyl groups is 1. The molecule has 0 aliphatic heterocycles. The molecule has 0 bridgehead atoms. The Labute approximate surface area is 206 Å². The van der Waals surface area contributed by atoms with Crippen molar-refractivity contribution in [3.63, 3.8) is 0 Å². The lowest BCUT2D eigenvalue weighted by molar-refractivity contribution is 0.0647. The second kappa shape index (κ2) is 11.5. The second-order valence-corrected chi connectivity index (χ2v) is 8.95. The highest BCUT2D eigenvalue weighted by Gasteiger charge is 2.19. The van der Waals surface area contributed by atoms with Gasteiger partial charge in [-0.2, -0.15) is 0 Å². The number of halogens is 1. The van der Waals surface area contributed by atoms with Gasteiger partial charge in [-0.25, -0.2) is 25.0 Å². The average Bonchev–Trinajstić information content (AvgIpc) is 2.83. The number of H-pyrrole nitrogens is 1. The number of ether oxygens (including phenoxy) is 1. The molecule has 4 N–H and O–H groups in total. The van der Waals surface area contributed by atoms with Gasteiger partial charge < -0.3 is 14.7 Å². The number of aromatic amines is 1. The fraction of sp³-hybridized carbons (Fsp3) is 0.375. The van der Waals surface area contributed by atoms with Gasteiger partial charge in [0.2, 0.25) is 5.62 Å². The standard InChI is InChI=1S/C24H28ClN5O5/c25-18-6-4-16(5-7-18)12-29-22(27-19-8-10-21(11-9-19)35-20-2-1-3-20)28-23(32)30(24(29)33)13-17(14-31)15-34-26/h4-11,17,20,31H,1-3,12-15,26H2,(H,27,28,32). The Morgan fingerprint density at radius 2 is 1.83 bits per heavy atom. The summed E-state index contributed by atoms with van der Waals surface area (Å²) in [5.41, 5.74) is 0.201. The molecule has 0 spiro atoms. The number of hydrogen-bond acceptors (Lipinski definition) is 7. The number of hydrogen-bond donors (Lipinski definition) is 3. The molecule has 3 aromatic rings. The van der Waals surface area contributed by atoms with Crippen LogP contribution in [-0.2, 0) is 17.9 Å². The van der Waals surface area contributed by atoms with Crippen molar-refractivity contribution in [2.45, 2.75) is 38.5 Å². The summed E-state index contributed by atoms with van der Waals surface area (Å²) in [4.78, 5) is 38.0. The van der Waals surface area contributed by atoms with Gasteiger partial charge in [0.15, 0.2) is 0 Å². The van der Waals surface area contributed by atoms with Gasteiger partial charge in [-0.1, -0.05) is 23.7 Å². The van der Waals surface area contributed by atoms with Gasteiger partial charge in [-0.05, 0) is 61.2 Å². The van der Waals surface area contributed by atoms with E-state index in [0.717, 1.165) is 28.7 Å². The first-order chi connectivity index (χ1) is 17.0. The summed E-state index contributed by atoms with van der Waals surface area (Å²) in [6.07, 6.45) is 3.56. The molecule has 0 amide bonds. The van der Waals surface area contributed by atoms with Crippen LogP contribution in [0.15, 0.2) is 63.1 Å². The van der Waals surface area contributed by atoms with E-state index in [1.54, 1.807) is 36.4 Å². The minimum absolute atomic E-state index is 0.0129. The molecule has 1 heterocycles. The summed E-state index contributed by atoms with van der Waals surface area (Å²) in [5.74, 6) is 5.33. The summed E-state index contributed by atoms with van der Waals surface area (Å²) < 4.78 is 8.25. The highest BCUT2D eigenvalue weighted by Crippen LogP contribution is 2.26. The number of aliphatic hydroxyl groups excluding tert-OH is 1. The normalized spacial score (nSPS) is 15.1. The van der Waals surface area contributed by atoms with Crippen molar-refractivity contribution in [3.8, 4) is 5.75 Å². The zero-order valence-electron chi connectivity index (χ0n) is 19.1. The summed E-state index contributed by atoms with van der Waals surface area (Å²) in [7, 11) is 0. The van der Waals surface area contributed by atoms with E-state index in [9.17, 15) is 14.7 Å². The molecule has 1 aliphatic carbocycles. The van der Waals surface area contributed by atoms with Crippen LogP contribution in [-0.4, -0.2) is 38.5 Å². The first-order valence-corrected chi connectivity index (χ1v) is 11.8. The Bertz CT molecular complexity index is 1310. The van der Waals surface area contributed by atoms with E-state index >= 15 is 0 Å². The topological polar surface area (TPSA) is 137 Å². The van der Waals surface area contributed by atoms with Crippen molar-refractivity contribution in [2.75, 3.05) is 13.2 Å². The highest BCUT2D eigenvalue weighted by atomic mass is 35.5. The van der Waals surface area contributed by atoms with Crippen LogP contribution in [0.4, 0.5) is 5.69 Å². The molecule has 1 aromatic heterocycles. The molecule has 1 saturated carbocycles. The van der Waals surface area contributed by atoms with Crippen molar-refractivity contribution >= 4 is 17.3 Å². The van der Waals surface area contributed by atoms with Gasteiger partial charge in [0, 0.05) is 24.1 Å². The molecule has 1 atom stereocenters. The second-order valence-electron chi connectivity index (χ2n) is 8.52. The Hall–Kier alpha value is -3.18. The van der Waals surface area contributed by atoms with Gasteiger partial charge in [-0.15, -0.1) is 0 Å². The predicted octanol–water partition coefficient (Wildman–Crippen LogP) is 1.70. The maximum atomic E-state index is 13.4. The van der Waals surface area contributed by atoms with Crippen LogP contribution in [0.25, 0.3) is 0 Å². The largest absolute Gasteiger partial charge is 0.490 e. The minimum atomic E-state index is -0.651. The SMILES string of the molecule is NOCC(CO)Cn1c(=O)[nH]/c(=N\c2ccc(OC3CCC3)cc2)n(Cc2ccc(Cl)cc2)c1=O. The number of nitrogens with zero attached hydrogens (tertiary/aromatic N) is 3. The number of nitrogens with one attached hydrogen (secondary N) is 1. The maximum absolute atomic E-state index is 13.4. The van der Waals surface area contributed by atoms with Gasteiger partial charge in [0.25, 0.3) is 0 Å². The molecule has 35 heavy (non-hydrogen) atoms. The summed E-state index contributed by atoms with van der Waals surface area (Å²) in [6, 6.07) is 14.2. The lowest BCUT2D eigenvalue weighted by Gasteiger charge is -2.26. The van der Waals surface area contributed by atoms with E-state index in [2.05, 4.69) is 14.8 Å². The van der Waals surface area contributed by atoms with Crippen molar-refractivity contribution in [1.82, 2.24) is 14.1 Å². The number of rotatable bonds is 10. The molecule has 0 saturated heterocycles. The van der Waals surface area contributed by atoms with Crippen LogP contribution in [0, 0.1) is 5.92 Å². The van der Waals surface area contributed by atoms with Crippen LogP contribution in [0.1, 0.15) is 24.8 Å². The van der Waals surface area contributed by atoms with Crippen molar-refractivity contribution in [3.05, 3.63) is 85.7 Å². The maximum Gasteiger partial charge on any atom is 0.335 e. The molecule has 1 unspecified atom stereocenters. The van der Waals surface area contributed by atoms with Crippen LogP contribution >= 0.6 is 11.6 Å². The molecular formula is C24H28ClN5O5. The first-order valence-electron chi connectivity index (χ1n) is 11.4. The zero-order chi connectivity index (χ0) is 24.8. The van der Waals surface area contributed by atoms with E-state index < -0.39 is 17.3 Å². The van der Waals surface area contributed by atoms with Gasteiger partial charge in [0.1, 0.15) is 5.75 Å². The van der Waals surface area contributed by atoms with Crippen LogP contribution < -0.4 is 27.6 Å². The van der Waals surface area contributed by atoms with Gasteiger partial charge in [-0.3, -0.25) is 9.55 Å². The summed E-state index contributed by atoms with van der Waals surface area (Å²) in [6.45, 7) is -0.246. The van der Waals surface area contributed by atoms with E-state index in [1.807, 2.05) is 12.1 Å². The molecule has 1 fully saturated rings. The molecule has 4 rings (SSSR count). The minimum Gasteiger partial charge on any atom is -0.490 e. The van der Waals surface area contributed by atoms with Crippen LogP contribution in [0.3, 0.4) is 0 Å². The van der Waals surface area contributed by atoms with Crippen molar-refractivity contribution < 1.29 is 14.7 Å². The Balaban J connectivity index is 1.73. The molecule has 0 radical (unpaired) electrons. The van der Waals surface area contributed by atoms with E-state index in [1.165, 1.54) is 11.0 Å². The molecular weight excluding hydrogens is 474 g/mol. The third kappa shape index (κ3) is 6.29. The molecule has 186 valence electrons. The quantitative estimate of drug-likeness (QED) is 0.362. The average molecular weight is 502 g/mol. The Morgan fingerprint density at radius 3 is 2.43 bits per heavy atom. The monoisotopic (exact) mass is 501 g/mol. The van der Waals surface area contributed by atoms with E-state index in [0.29, 0.717) is 10.7 Å². The third-order valence-corrected chi connectivity index (χ3v) is 6.14. The van der Waals surface area contributed by atoms with Crippen molar-refractivity contribution in [1.29, 1.82) is 0 Å². The first kappa shape index (κ1) is 24.9. The van der Waals surface area contributed by atoms with E-state index in [-0.39, 0.29) is 38.0 Å².